The van der Waals surface area contributed by atoms with Gasteiger partial charge in [-0.15, -0.1) is 0 Å². The van der Waals surface area contributed by atoms with Crippen molar-refractivity contribution in [3.63, 3.8) is 0 Å². The number of imide groups is 1. The number of rotatable bonds is 7. The second-order valence-corrected chi connectivity index (χ2v) is 9.75. The van der Waals surface area contributed by atoms with Crippen LogP contribution in [0.1, 0.15) is 36.2 Å². The van der Waals surface area contributed by atoms with E-state index < -0.39 is 45.8 Å². The molecular weight excluding hydrogens is 426 g/mol. The largest absolute Gasteiger partial charge is 0.449 e. The second kappa shape index (κ2) is 9.04. The summed E-state index contributed by atoms with van der Waals surface area (Å²) in [6, 6.07) is 5.40. The topological polar surface area (TPSA) is 130 Å². The molecular formula is C20H25N3O7S. The van der Waals surface area contributed by atoms with Crippen LogP contribution in [0, 0.1) is 0 Å². The van der Waals surface area contributed by atoms with E-state index >= 15 is 0 Å². The van der Waals surface area contributed by atoms with Crippen molar-refractivity contribution in [3.05, 3.63) is 35.4 Å². The van der Waals surface area contributed by atoms with Crippen LogP contribution in [-0.4, -0.2) is 78.8 Å². The standard InChI is InChI=1S/C20H25N3O7S/c1-3-22(15-8-9-31(28,29)12-15)18(25)13(2)30-19(26)16-7-5-4-6-14(16)11-23-17(24)10-21-20(23)27/h4-7,13,15H,3,8-12H2,1-2H3,(H,21,27)/t13-,15-/m0/s1. The van der Waals surface area contributed by atoms with E-state index in [9.17, 15) is 27.6 Å². The Balaban J connectivity index is 1.70. The number of hydrogen-bond acceptors (Lipinski definition) is 7. The third-order valence-corrected chi connectivity index (χ3v) is 7.16. The lowest BCUT2D eigenvalue weighted by Gasteiger charge is -2.29. The molecule has 1 aromatic rings. The molecule has 31 heavy (non-hydrogen) atoms. The summed E-state index contributed by atoms with van der Waals surface area (Å²) in [6.07, 6.45) is -0.766. The van der Waals surface area contributed by atoms with Gasteiger partial charge in [-0.2, -0.15) is 0 Å². The molecule has 10 nitrogen and oxygen atoms in total. The summed E-state index contributed by atoms with van der Waals surface area (Å²) in [6.45, 7) is 3.28. The summed E-state index contributed by atoms with van der Waals surface area (Å²) < 4.78 is 28.9. The zero-order valence-electron chi connectivity index (χ0n) is 17.4. The Morgan fingerprint density at radius 3 is 2.58 bits per heavy atom. The van der Waals surface area contributed by atoms with Crippen molar-refractivity contribution in [2.75, 3.05) is 24.6 Å². The first-order valence-electron chi connectivity index (χ1n) is 10.0. The molecule has 2 saturated heterocycles. The molecule has 0 saturated carbocycles. The fourth-order valence-electron chi connectivity index (χ4n) is 3.77. The zero-order chi connectivity index (χ0) is 22.8. The van der Waals surface area contributed by atoms with Crippen LogP contribution < -0.4 is 5.32 Å². The lowest BCUT2D eigenvalue weighted by atomic mass is 10.1. The Labute approximate surface area is 180 Å². The van der Waals surface area contributed by atoms with Crippen molar-refractivity contribution >= 4 is 33.7 Å². The Bertz CT molecular complexity index is 992. The van der Waals surface area contributed by atoms with Crippen molar-refractivity contribution in [3.8, 4) is 0 Å². The molecule has 2 aliphatic heterocycles. The van der Waals surface area contributed by atoms with Crippen LogP contribution in [0.5, 0.6) is 0 Å². The third-order valence-electron chi connectivity index (χ3n) is 5.41. The van der Waals surface area contributed by atoms with Crippen LogP contribution in [0.15, 0.2) is 24.3 Å². The summed E-state index contributed by atoms with van der Waals surface area (Å²) in [5.41, 5.74) is 0.549. The highest BCUT2D eigenvalue weighted by atomic mass is 32.2. The van der Waals surface area contributed by atoms with Gasteiger partial charge in [0.2, 0.25) is 5.91 Å². The first kappa shape index (κ1) is 22.7. The summed E-state index contributed by atoms with van der Waals surface area (Å²) in [4.78, 5) is 51.7. The van der Waals surface area contributed by atoms with Gasteiger partial charge in [-0.3, -0.25) is 14.5 Å². The van der Waals surface area contributed by atoms with E-state index in [4.69, 9.17) is 4.74 Å². The number of urea groups is 1. The molecule has 0 aromatic heterocycles. The van der Waals surface area contributed by atoms with Crippen molar-refractivity contribution in [2.45, 2.75) is 39.0 Å². The van der Waals surface area contributed by atoms with Crippen LogP contribution in [0.3, 0.4) is 0 Å². The first-order chi connectivity index (χ1) is 14.6. The van der Waals surface area contributed by atoms with Crippen molar-refractivity contribution < 1.29 is 32.3 Å². The number of benzene rings is 1. The molecule has 2 atom stereocenters. The lowest BCUT2D eigenvalue weighted by Crippen LogP contribution is -2.46. The van der Waals surface area contributed by atoms with E-state index in [0.717, 1.165) is 4.90 Å². The molecule has 168 valence electrons. The summed E-state index contributed by atoms with van der Waals surface area (Å²) >= 11 is 0. The first-order valence-corrected chi connectivity index (χ1v) is 11.8. The van der Waals surface area contributed by atoms with E-state index in [1.807, 2.05) is 0 Å². The summed E-state index contributed by atoms with van der Waals surface area (Å²) in [7, 11) is -3.17. The van der Waals surface area contributed by atoms with Crippen LogP contribution in [0.4, 0.5) is 4.79 Å². The number of nitrogens with zero attached hydrogens (tertiary/aromatic N) is 2. The van der Waals surface area contributed by atoms with Crippen LogP contribution >= 0.6 is 0 Å². The maximum atomic E-state index is 12.8. The normalized spacial score (nSPS) is 21.0. The van der Waals surface area contributed by atoms with Gasteiger partial charge in [-0.1, -0.05) is 18.2 Å². The number of ether oxygens (including phenoxy) is 1. The molecule has 3 rings (SSSR count). The highest BCUT2D eigenvalue weighted by molar-refractivity contribution is 7.91. The molecule has 1 aromatic carbocycles. The average molecular weight is 452 g/mol. The molecule has 2 heterocycles. The van der Waals surface area contributed by atoms with Gasteiger partial charge in [0.15, 0.2) is 15.9 Å². The molecule has 2 fully saturated rings. The van der Waals surface area contributed by atoms with Gasteiger partial charge < -0.3 is 15.0 Å². The van der Waals surface area contributed by atoms with E-state index in [1.165, 1.54) is 17.9 Å². The van der Waals surface area contributed by atoms with Crippen molar-refractivity contribution in [1.82, 2.24) is 15.1 Å². The number of nitrogens with one attached hydrogen (secondary N) is 1. The molecule has 2 aliphatic rings. The Morgan fingerprint density at radius 2 is 2.00 bits per heavy atom. The minimum absolute atomic E-state index is 0.0335. The van der Waals surface area contributed by atoms with Crippen LogP contribution in [0.2, 0.25) is 0 Å². The number of carbonyl (C=O) groups is 4. The predicted molar refractivity (Wildman–Crippen MR) is 110 cm³/mol. The summed E-state index contributed by atoms with van der Waals surface area (Å²) in [5.74, 6) is -1.70. The zero-order valence-corrected chi connectivity index (χ0v) is 18.2. The lowest BCUT2D eigenvalue weighted by molar-refractivity contribution is -0.141. The molecule has 0 radical (unpaired) electrons. The van der Waals surface area contributed by atoms with E-state index in [-0.39, 0.29) is 30.2 Å². The number of carbonyl (C=O) groups excluding carboxylic acids is 4. The predicted octanol–water partition coefficient (Wildman–Crippen LogP) is 0.319. The Hall–Kier alpha value is -2.95. The van der Waals surface area contributed by atoms with E-state index in [2.05, 4.69) is 5.32 Å². The van der Waals surface area contributed by atoms with Gasteiger partial charge >= 0.3 is 12.0 Å². The van der Waals surface area contributed by atoms with Gasteiger partial charge in [0, 0.05) is 12.6 Å². The minimum Gasteiger partial charge on any atom is -0.449 e. The van der Waals surface area contributed by atoms with Crippen molar-refractivity contribution in [2.24, 2.45) is 0 Å². The molecule has 0 aliphatic carbocycles. The SMILES string of the molecule is CCN(C(=O)[C@H](C)OC(=O)c1ccccc1CN1C(=O)CNC1=O)[C@H]1CCS(=O)(=O)C1. The van der Waals surface area contributed by atoms with Crippen LogP contribution in [0.25, 0.3) is 0 Å². The van der Waals surface area contributed by atoms with Gasteiger partial charge in [0.25, 0.3) is 5.91 Å². The number of sulfone groups is 1. The van der Waals surface area contributed by atoms with Crippen molar-refractivity contribution in [1.29, 1.82) is 0 Å². The number of amides is 4. The smallest absolute Gasteiger partial charge is 0.339 e. The molecule has 0 unspecified atom stereocenters. The number of likely N-dealkylation sites (N-methyl/N-ethyl adjacent to an activating group) is 1. The highest BCUT2D eigenvalue weighted by Gasteiger charge is 2.36. The third kappa shape index (κ3) is 5.04. The number of esters is 1. The van der Waals surface area contributed by atoms with Gasteiger partial charge in [0.1, 0.15) is 0 Å². The molecule has 4 amide bonds. The highest BCUT2D eigenvalue weighted by Crippen LogP contribution is 2.20. The second-order valence-electron chi connectivity index (χ2n) is 7.52. The fraction of sp³-hybridized carbons (Fsp3) is 0.500. The maximum Gasteiger partial charge on any atom is 0.339 e. The van der Waals surface area contributed by atoms with Gasteiger partial charge in [-0.05, 0) is 31.9 Å². The minimum atomic E-state index is -3.17. The molecule has 0 spiro atoms. The number of hydrogen-bond donors (Lipinski definition) is 1. The van der Waals surface area contributed by atoms with Gasteiger partial charge in [0.05, 0.1) is 30.2 Å². The van der Waals surface area contributed by atoms with Crippen LogP contribution in [-0.2, 0) is 30.7 Å². The molecule has 11 heteroatoms. The van der Waals surface area contributed by atoms with Gasteiger partial charge in [-0.25, -0.2) is 18.0 Å². The summed E-state index contributed by atoms with van der Waals surface area (Å²) in [5, 5.41) is 2.42. The average Bonchev–Trinajstić information content (AvgIpc) is 3.24. The van der Waals surface area contributed by atoms with E-state index in [1.54, 1.807) is 25.1 Å². The quantitative estimate of drug-likeness (QED) is 0.467. The molecule has 0 bridgehead atoms. The Morgan fingerprint density at radius 1 is 1.29 bits per heavy atom. The monoisotopic (exact) mass is 451 g/mol. The van der Waals surface area contributed by atoms with E-state index in [0.29, 0.717) is 18.5 Å². The Kier molecular flexibility index (Phi) is 6.63. The maximum absolute atomic E-state index is 12.8. The fourth-order valence-corrected chi connectivity index (χ4v) is 5.50. The molecule has 1 N–H and O–H groups in total.